The molecule has 1 N–H and O–H groups in total. The van der Waals surface area contributed by atoms with Gasteiger partial charge in [-0.15, -0.1) is 0 Å². The van der Waals surface area contributed by atoms with Crippen molar-refractivity contribution in [2.75, 3.05) is 24.7 Å². The number of sulfone groups is 1. The molecular weight excluding hydrogens is 310 g/mol. The van der Waals surface area contributed by atoms with Crippen LogP contribution in [-0.2, 0) is 9.84 Å². The first-order chi connectivity index (χ1) is 9.96. The minimum atomic E-state index is -2.89. The second kappa shape index (κ2) is 9.28. The van der Waals surface area contributed by atoms with Crippen molar-refractivity contribution in [3.8, 4) is 5.75 Å². The minimum Gasteiger partial charge on any atom is -0.492 e. The molecule has 0 radical (unpaired) electrons. The molecule has 0 fully saturated rings. The average molecular weight is 334 g/mol. The first-order valence-electron chi connectivity index (χ1n) is 7.29. The van der Waals surface area contributed by atoms with Crippen LogP contribution in [0.5, 0.6) is 5.75 Å². The topological polar surface area (TPSA) is 55.4 Å². The molecule has 4 nitrogen and oxygen atoms in total. The second-order valence-corrected chi connectivity index (χ2v) is 7.81. The Labute approximate surface area is 132 Å². The summed E-state index contributed by atoms with van der Waals surface area (Å²) in [7, 11) is -2.89. The Morgan fingerprint density at radius 1 is 1.33 bits per heavy atom. The van der Waals surface area contributed by atoms with Gasteiger partial charge in [-0.2, -0.15) is 0 Å². The van der Waals surface area contributed by atoms with Crippen LogP contribution in [0.25, 0.3) is 0 Å². The summed E-state index contributed by atoms with van der Waals surface area (Å²) >= 11 is 5.91. The molecule has 1 rings (SSSR count). The molecule has 0 aliphatic rings. The zero-order valence-electron chi connectivity index (χ0n) is 12.6. The van der Waals surface area contributed by atoms with Gasteiger partial charge in [0.1, 0.15) is 22.2 Å². The van der Waals surface area contributed by atoms with E-state index in [2.05, 4.69) is 5.32 Å². The molecule has 0 spiro atoms. The Bertz CT molecular complexity index is 519. The van der Waals surface area contributed by atoms with E-state index in [1.807, 2.05) is 19.1 Å². The number of ether oxygens (including phenoxy) is 1. The first-order valence-corrected chi connectivity index (χ1v) is 9.49. The Balaban J connectivity index is 2.42. The minimum absolute atomic E-state index is 0.140. The summed E-state index contributed by atoms with van der Waals surface area (Å²) in [6.45, 7) is 5.03. The van der Waals surface area contributed by atoms with Crippen molar-refractivity contribution in [2.45, 2.75) is 32.7 Å². The van der Waals surface area contributed by atoms with E-state index in [-0.39, 0.29) is 17.5 Å². The van der Waals surface area contributed by atoms with E-state index in [0.717, 1.165) is 18.7 Å². The number of likely N-dealkylation sites (N-methyl/N-ethyl adjacent to an activating group) is 1. The van der Waals surface area contributed by atoms with Crippen molar-refractivity contribution >= 4 is 21.4 Å². The van der Waals surface area contributed by atoms with Gasteiger partial charge < -0.3 is 10.1 Å². The molecule has 1 aromatic rings. The number of rotatable bonds is 10. The lowest BCUT2D eigenvalue weighted by Gasteiger charge is -2.18. The fourth-order valence-electron chi connectivity index (χ4n) is 1.98. The monoisotopic (exact) mass is 333 g/mol. The Morgan fingerprint density at radius 2 is 2.10 bits per heavy atom. The van der Waals surface area contributed by atoms with Crippen LogP contribution in [0.1, 0.15) is 26.7 Å². The SMILES string of the molecule is CCNC(CCCS(=O)(=O)CC)COc1cccc(Cl)c1. The number of hydrogen-bond donors (Lipinski definition) is 1. The summed E-state index contributed by atoms with van der Waals surface area (Å²) in [4.78, 5) is 0. The van der Waals surface area contributed by atoms with Crippen LogP contribution in [0, 0.1) is 0 Å². The lowest BCUT2D eigenvalue weighted by atomic mass is 10.2. The van der Waals surface area contributed by atoms with Crippen LogP contribution < -0.4 is 10.1 Å². The van der Waals surface area contributed by atoms with E-state index in [9.17, 15) is 8.42 Å². The molecule has 1 aromatic carbocycles. The van der Waals surface area contributed by atoms with Gasteiger partial charge in [-0.05, 0) is 37.6 Å². The van der Waals surface area contributed by atoms with Crippen molar-refractivity contribution in [2.24, 2.45) is 0 Å². The van der Waals surface area contributed by atoms with Crippen LogP contribution in [0.4, 0.5) is 0 Å². The van der Waals surface area contributed by atoms with Gasteiger partial charge in [-0.3, -0.25) is 0 Å². The van der Waals surface area contributed by atoms with Gasteiger partial charge in [0, 0.05) is 16.8 Å². The summed E-state index contributed by atoms with van der Waals surface area (Å²) < 4.78 is 28.7. The first kappa shape index (κ1) is 18.3. The van der Waals surface area contributed by atoms with Crippen LogP contribution in [0.3, 0.4) is 0 Å². The van der Waals surface area contributed by atoms with Gasteiger partial charge in [-0.25, -0.2) is 8.42 Å². The third kappa shape index (κ3) is 7.69. The molecule has 0 bridgehead atoms. The van der Waals surface area contributed by atoms with Gasteiger partial charge in [-0.1, -0.05) is 31.5 Å². The van der Waals surface area contributed by atoms with Gasteiger partial charge in [0.25, 0.3) is 0 Å². The molecule has 0 aliphatic heterocycles. The summed E-state index contributed by atoms with van der Waals surface area (Å²) in [5, 5.41) is 3.96. The van der Waals surface area contributed by atoms with Crippen LogP contribution >= 0.6 is 11.6 Å². The van der Waals surface area contributed by atoms with Crippen molar-refractivity contribution in [3.05, 3.63) is 29.3 Å². The highest BCUT2D eigenvalue weighted by atomic mass is 35.5. The summed E-state index contributed by atoms with van der Waals surface area (Å²) in [5.41, 5.74) is 0. The highest BCUT2D eigenvalue weighted by Crippen LogP contribution is 2.17. The number of hydrogen-bond acceptors (Lipinski definition) is 4. The smallest absolute Gasteiger partial charge is 0.150 e. The summed E-state index contributed by atoms with van der Waals surface area (Å²) in [6, 6.07) is 7.41. The highest BCUT2D eigenvalue weighted by Gasteiger charge is 2.12. The van der Waals surface area contributed by atoms with E-state index < -0.39 is 9.84 Å². The Kier molecular flexibility index (Phi) is 8.07. The van der Waals surface area contributed by atoms with Gasteiger partial charge >= 0.3 is 0 Å². The van der Waals surface area contributed by atoms with Gasteiger partial charge in [0.15, 0.2) is 0 Å². The standard InChI is InChI=1S/C15H24ClNO3S/c1-3-17-14(8-6-10-21(18,19)4-2)12-20-15-9-5-7-13(16)11-15/h5,7,9,11,14,17H,3-4,6,8,10,12H2,1-2H3. The van der Waals surface area contributed by atoms with Crippen LogP contribution in [-0.4, -0.2) is 39.1 Å². The van der Waals surface area contributed by atoms with Gasteiger partial charge in [0.05, 0.1) is 5.75 Å². The quantitative estimate of drug-likeness (QED) is 0.715. The molecule has 0 saturated carbocycles. The predicted molar refractivity (Wildman–Crippen MR) is 88.0 cm³/mol. The second-order valence-electron chi connectivity index (χ2n) is 4.90. The van der Waals surface area contributed by atoms with E-state index in [4.69, 9.17) is 16.3 Å². The van der Waals surface area contributed by atoms with Crippen molar-refractivity contribution in [1.29, 1.82) is 0 Å². The van der Waals surface area contributed by atoms with Crippen molar-refractivity contribution in [3.63, 3.8) is 0 Å². The normalized spacial score (nSPS) is 13.1. The molecule has 21 heavy (non-hydrogen) atoms. The lowest BCUT2D eigenvalue weighted by Crippen LogP contribution is -2.35. The third-order valence-corrected chi connectivity index (χ3v) is 5.21. The highest BCUT2D eigenvalue weighted by molar-refractivity contribution is 7.91. The van der Waals surface area contributed by atoms with E-state index >= 15 is 0 Å². The van der Waals surface area contributed by atoms with E-state index in [0.29, 0.717) is 18.1 Å². The molecule has 6 heteroatoms. The fraction of sp³-hybridized carbons (Fsp3) is 0.600. The fourth-order valence-corrected chi connectivity index (χ4v) is 3.06. The molecule has 0 saturated heterocycles. The molecule has 120 valence electrons. The molecule has 0 amide bonds. The van der Waals surface area contributed by atoms with Crippen molar-refractivity contribution < 1.29 is 13.2 Å². The molecular formula is C15H24ClNO3S. The van der Waals surface area contributed by atoms with Crippen molar-refractivity contribution in [1.82, 2.24) is 5.32 Å². The molecule has 1 unspecified atom stereocenters. The lowest BCUT2D eigenvalue weighted by molar-refractivity contribution is 0.258. The Hall–Kier alpha value is -0.780. The van der Waals surface area contributed by atoms with E-state index in [1.54, 1.807) is 19.1 Å². The maximum absolute atomic E-state index is 11.5. The Morgan fingerprint density at radius 3 is 2.71 bits per heavy atom. The number of halogens is 1. The molecule has 1 atom stereocenters. The zero-order valence-corrected chi connectivity index (χ0v) is 14.2. The largest absolute Gasteiger partial charge is 0.492 e. The molecule has 0 aromatic heterocycles. The molecule has 0 aliphatic carbocycles. The van der Waals surface area contributed by atoms with Gasteiger partial charge in [0.2, 0.25) is 0 Å². The number of benzene rings is 1. The van der Waals surface area contributed by atoms with Crippen LogP contribution in [0.15, 0.2) is 24.3 Å². The van der Waals surface area contributed by atoms with Crippen LogP contribution in [0.2, 0.25) is 5.02 Å². The predicted octanol–water partition coefficient (Wildman–Crippen LogP) is 2.91. The zero-order chi connectivity index (χ0) is 15.7. The van der Waals surface area contributed by atoms with E-state index in [1.165, 1.54) is 0 Å². The summed E-state index contributed by atoms with van der Waals surface area (Å²) in [5.74, 6) is 1.17. The average Bonchev–Trinajstić information content (AvgIpc) is 2.45. The third-order valence-electron chi connectivity index (χ3n) is 3.19. The maximum Gasteiger partial charge on any atom is 0.150 e. The summed E-state index contributed by atoms with van der Waals surface area (Å²) in [6.07, 6.45) is 1.42. The number of nitrogens with one attached hydrogen (secondary N) is 1. The molecule has 0 heterocycles. The maximum atomic E-state index is 11.5.